The maximum absolute atomic E-state index is 5.85. The van der Waals surface area contributed by atoms with E-state index in [2.05, 4.69) is 9.97 Å². The molecule has 4 nitrogen and oxygen atoms in total. The monoisotopic (exact) mass is 265 g/mol. The Hall–Kier alpha value is -2.46. The van der Waals surface area contributed by atoms with Gasteiger partial charge in [0.15, 0.2) is 0 Å². The van der Waals surface area contributed by atoms with Gasteiger partial charge < -0.3 is 10.5 Å². The van der Waals surface area contributed by atoms with E-state index >= 15 is 0 Å². The summed E-state index contributed by atoms with van der Waals surface area (Å²) in [6, 6.07) is 13.5. The summed E-state index contributed by atoms with van der Waals surface area (Å²) < 4.78 is 5.75. The zero-order valence-corrected chi connectivity index (χ0v) is 11.2. The summed E-state index contributed by atoms with van der Waals surface area (Å²) in [6.45, 7) is 1.93. The lowest BCUT2D eigenvalue weighted by molar-refractivity contribution is 0.460. The Morgan fingerprint density at radius 2 is 1.95 bits per heavy atom. The lowest BCUT2D eigenvalue weighted by Gasteiger charge is -2.09. The van der Waals surface area contributed by atoms with E-state index in [4.69, 9.17) is 10.5 Å². The number of rotatable bonds is 3. The molecule has 0 saturated heterocycles. The number of pyridine rings is 2. The molecule has 0 radical (unpaired) electrons. The maximum Gasteiger partial charge on any atom is 0.219 e. The van der Waals surface area contributed by atoms with Gasteiger partial charge in [-0.3, -0.25) is 4.98 Å². The first-order valence-electron chi connectivity index (χ1n) is 6.46. The van der Waals surface area contributed by atoms with Crippen molar-refractivity contribution in [2.24, 2.45) is 5.73 Å². The zero-order valence-electron chi connectivity index (χ0n) is 11.2. The second-order valence-electron chi connectivity index (χ2n) is 4.68. The molecule has 0 fully saturated rings. The van der Waals surface area contributed by atoms with Crippen LogP contribution in [-0.4, -0.2) is 9.97 Å². The fourth-order valence-corrected chi connectivity index (χ4v) is 1.99. The average Bonchev–Trinajstić information content (AvgIpc) is 2.47. The molecule has 0 aliphatic heterocycles. The third-order valence-corrected chi connectivity index (χ3v) is 3.07. The van der Waals surface area contributed by atoms with Crippen molar-refractivity contribution in [3.05, 3.63) is 60.4 Å². The molecule has 1 atom stereocenters. The van der Waals surface area contributed by atoms with Gasteiger partial charge >= 0.3 is 0 Å². The smallest absolute Gasteiger partial charge is 0.219 e. The van der Waals surface area contributed by atoms with Crippen LogP contribution in [0.15, 0.2) is 54.9 Å². The third kappa shape index (κ3) is 2.60. The quantitative estimate of drug-likeness (QED) is 0.788. The van der Waals surface area contributed by atoms with E-state index in [0.717, 1.165) is 16.5 Å². The van der Waals surface area contributed by atoms with Crippen molar-refractivity contribution in [3.8, 4) is 11.6 Å². The zero-order chi connectivity index (χ0) is 13.9. The fraction of sp³-hybridized carbons (Fsp3) is 0.125. The number of para-hydroxylation sites is 1. The Bertz CT molecular complexity index is 740. The van der Waals surface area contributed by atoms with E-state index < -0.39 is 0 Å². The molecule has 4 heteroatoms. The summed E-state index contributed by atoms with van der Waals surface area (Å²) in [5, 5.41) is 1.04. The van der Waals surface area contributed by atoms with Gasteiger partial charge in [0.25, 0.3) is 0 Å². The number of hydrogen-bond donors (Lipinski definition) is 1. The number of aromatic nitrogens is 2. The van der Waals surface area contributed by atoms with Crippen LogP contribution in [0, 0.1) is 0 Å². The Morgan fingerprint density at radius 3 is 2.80 bits per heavy atom. The van der Waals surface area contributed by atoms with Gasteiger partial charge in [0, 0.05) is 23.7 Å². The van der Waals surface area contributed by atoms with Crippen molar-refractivity contribution in [3.63, 3.8) is 0 Å². The van der Waals surface area contributed by atoms with Crippen LogP contribution >= 0.6 is 0 Å². The van der Waals surface area contributed by atoms with Crippen LogP contribution in [0.4, 0.5) is 0 Å². The molecule has 0 aliphatic rings. The van der Waals surface area contributed by atoms with Crippen molar-refractivity contribution >= 4 is 10.9 Å². The van der Waals surface area contributed by atoms with E-state index in [0.29, 0.717) is 11.6 Å². The predicted octanol–water partition coefficient (Wildman–Crippen LogP) is 3.44. The van der Waals surface area contributed by atoms with Crippen molar-refractivity contribution in [2.75, 3.05) is 0 Å². The van der Waals surface area contributed by atoms with Crippen LogP contribution in [0.1, 0.15) is 18.5 Å². The van der Waals surface area contributed by atoms with Crippen molar-refractivity contribution < 1.29 is 4.74 Å². The van der Waals surface area contributed by atoms with E-state index in [9.17, 15) is 0 Å². The second-order valence-corrected chi connectivity index (χ2v) is 4.68. The van der Waals surface area contributed by atoms with Gasteiger partial charge in [-0.1, -0.05) is 18.2 Å². The first-order chi connectivity index (χ1) is 9.72. The van der Waals surface area contributed by atoms with Crippen LogP contribution in [-0.2, 0) is 0 Å². The number of ether oxygens (including phenoxy) is 1. The minimum Gasteiger partial charge on any atom is -0.437 e. The molecule has 1 aromatic carbocycles. The molecular formula is C16H15N3O. The molecule has 0 saturated carbocycles. The molecule has 1 unspecified atom stereocenters. The molecule has 20 heavy (non-hydrogen) atoms. The molecule has 2 heterocycles. The van der Waals surface area contributed by atoms with Crippen LogP contribution in [0.5, 0.6) is 11.6 Å². The van der Waals surface area contributed by atoms with Crippen molar-refractivity contribution in [2.45, 2.75) is 13.0 Å². The molecular weight excluding hydrogens is 250 g/mol. The topological polar surface area (TPSA) is 61.0 Å². The normalized spacial score (nSPS) is 12.3. The number of fused-ring (bicyclic) bond motifs is 1. The predicted molar refractivity (Wildman–Crippen MR) is 78.7 cm³/mol. The van der Waals surface area contributed by atoms with E-state index in [1.54, 1.807) is 12.4 Å². The molecule has 3 aromatic rings. The highest BCUT2D eigenvalue weighted by atomic mass is 16.5. The van der Waals surface area contributed by atoms with E-state index in [-0.39, 0.29) is 6.04 Å². The molecule has 3 rings (SSSR count). The Kier molecular flexibility index (Phi) is 3.31. The second kappa shape index (κ2) is 5.27. The average molecular weight is 265 g/mol. The van der Waals surface area contributed by atoms with Gasteiger partial charge in [-0.15, -0.1) is 0 Å². The summed E-state index contributed by atoms with van der Waals surface area (Å²) in [7, 11) is 0. The lowest BCUT2D eigenvalue weighted by atomic mass is 10.1. The first-order valence-corrected chi connectivity index (χ1v) is 6.46. The summed E-state index contributed by atoms with van der Waals surface area (Å²) in [5.74, 6) is 1.19. The molecule has 2 N–H and O–H groups in total. The highest BCUT2D eigenvalue weighted by Gasteiger charge is 2.04. The Morgan fingerprint density at radius 1 is 1.10 bits per heavy atom. The number of benzene rings is 1. The minimum atomic E-state index is -0.0462. The molecule has 0 amide bonds. The molecule has 0 aliphatic carbocycles. The van der Waals surface area contributed by atoms with Gasteiger partial charge in [0.1, 0.15) is 5.75 Å². The Balaban J connectivity index is 1.90. The highest BCUT2D eigenvalue weighted by Crippen LogP contribution is 2.24. The van der Waals surface area contributed by atoms with E-state index in [1.165, 1.54) is 0 Å². The van der Waals surface area contributed by atoms with Crippen LogP contribution in [0.2, 0.25) is 0 Å². The standard InChI is InChI=1S/C16H15N3O/c1-11(17)12-6-7-18-16(9-12)20-14-8-13-4-2-3-5-15(13)19-10-14/h2-11H,17H2,1H3. The molecule has 0 spiro atoms. The summed E-state index contributed by atoms with van der Waals surface area (Å²) in [5.41, 5.74) is 7.79. The lowest BCUT2D eigenvalue weighted by Crippen LogP contribution is -2.05. The number of hydrogen-bond acceptors (Lipinski definition) is 4. The van der Waals surface area contributed by atoms with Gasteiger partial charge in [-0.25, -0.2) is 4.98 Å². The molecule has 2 aromatic heterocycles. The molecule has 0 bridgehead atoms. The molecule has 100 valence electrons. The highest BCUT2D eigenvalue weighted by molar-refractivity contribution is 5.79. The van der Waals surface area contributed by atoms with Crippen LogP contribution in [0.3, 0.4) is 0 Å². The van der Waals surface area contributed by atoms with Gasteiger partial charge in [0.2, 0.25) is 5.88 Å². The van der Waals surface area contributed by atoms with Crippen LogP contribution in [0.25, 0.3) is 10.9 Å². The summed E-state index contributed by atoms with van der Waals surface area (Å²) in [4.78, 5) is 8.55. The number of nitrogens with two attached hydrogens (primary N) is 1. The van der Waals surface area contributed by atoms with Crippen LogP contribution < -0.4 is 10.5 Å². The SMILES string of the molecule is CC(N)c1ccnc(Oc2cnc3ccccc3c2)c1. The van der Waals surface area contributed by atoms with Crippen molar-refractivity contribution in [1.29, 1.82) is 0 Å². The van der Waals surface area contributed by atoms with E-state index in [1.807, 2.05) is 49.4 Å². The largest absolute Gasteiger partial charge is 0.437 e. The van der Waals surface area contributed by atoms with Crippen molar-refractivity contribution in [1.82, 2.24) is 9.97 Å². The van der Waals surface area contributed by atoms with Gasteiger partial charge in [-0.2, -0.15) is 0 Å². The third-order valence-electron chi connectivity index (χ3n) is 3.07. The number of nitrogens with zero attached hydrogens (tertiary/aromatic N) is 2. The Labute approximate surface area is 117 Å². The minimum absolute atomic E-state index is 0.0462. The fourth-order valence-electron chi connectivity index (χ4n) is 1.99. The summed E-state index contributed by atoms with van der Waals surface area (Å²) >= 11 is 0. The van der Waals surface area contributed by atoms with Gasteiger partial charge in [0.05, 0.1) is 11.7 Å². The summed E-state index contributed by atoms with van der Waals surface area (Å²) in [6.07, 6.45) is 3.39. The first kappa shape index (κ1) is 12.6. The van der Waals surface area contributed by atoms with Gasteiger partial charge in [-0.05, 0) is 30.7 Å². The maximum atomic E-state index is 5.85.